The second kappa shape index (κ2) is 8.06. The van der Waals surface area contributed by atoms with E-state index < -0.39 is 0 Å². The highest BCUT2D eigenvalue weighted by Crippen LogP contribution is 2.24. The van der Waals surface area contributed by atoms with Crippen LogP contribution in [0.4, 0.5) is 0 Å². The Morgan fingerprint density at radius 2 is 2.00 bits per heavy atom. The highest BCUT2D eigenvalue weighted by molar-refractivity contribution is 5.77. The molecule has 0 unspecified atom stereocenters. The number of aromatic nitrogens is 2. The number of aliphatic hydroxyl groups is 1. The molecule has 2 aromatic rings. The number of carbonyl (C=O) groups excluding carboxylic acids is 1. The summed E-state index contributed by atoms with van der Waals surface area (Å²) in [5, 5.41) is 13.0. The van der Waals surface area contributed by atoms with Crippen molar-refractivity contribution in [3.05, 3.63) is 40.9 Å². The third kappa shape index (κ3) is 4.00. The van der Waals surface area contributed by atoms with Crippen LogP contribution in [0.5, 0.6) is 0 Å². The van der Waals surface area contributed by atoms with Gasteiger partial charge in [0.2, 0.25) is 5.91 Å². The highest BCUT2D eigenvalue weighted by Gasteiger charge is 2.25. The predicted molar refractivity (Wildman–Crippen MR) is 93.7 cm³/mol. The molecule has 0 saturated carbocycles. The van der Waals surface area contributed by atoms with Gasteiger partial charge in [0, 0.05) is 24.9 Å². The average Bonchev–Trinajstić information content (AvgIpc) is 2.63. The normalized spacial score (nSPS) is 11.6. The van der Waals surface area contributed by atoms with Crippen LogP contribution in [-0.2, 0) is 11.3 Å². The van der Waals surface area contributed by atoms with E-state index >= 15 is 0 Å². The SMILES string of the molecule is CCC(CC)(CO)CNC(=O)CCn1cnc2ccccc2c1=O. The third-order valence-electron chi connectivity index (χ3n) is 4.81. The third-order valence-corrected chi connectivity index (χ3v) is 4.81. The van der Waals surface area contributed by atoms with E-state index in [1.807, 2.05) is 19.9 Å². The maximum atomic E-state index is 12.4. The molecule has 1 heterocycles. The summed E-state index contributed by atoms with van der Waals surface area (Å²) in [7, 11) is 0. The Morgan fingerprint density at radius 1 is 1.29 bits per heavy atom. The molecule has 2 rings (SSSR count). The van der Waals surface area contributed by atoms with Crippen molar-refractivity contribution in [3.63, 3.8) is 0 Å². The largest absolute Gasteiger partial charge is 0.396 e. The molecule has 0 aliphatic carbocycles. The first-order chi connectivity index (χ1) is 11.5. The molecule has 0 saturated heterocycles. The lowest BCUT2D eigenvalue weighted by molar-refractivity contribution is -0.122. The topological polar surface area (TPSA) is 84.2 Å². The minimum atomic E-state index is -0.267. The summed E-state index contributed by atoms with van der Waals surface area (Å²) in [6.45, 7) is 4.79. The quantitative estimate of drug-likeness (QED) is 0.771. The molecule has 1 amide bonds. The summed E-state index contributed by atoms with van der Waals surface area (Å²) in [5.74, 6) is -0.130. The van der Waals surface area contributed by atoms with Crippen LogP contribution < -0.4 is 10.9 Å². The van der Waals surface area contributed by atoms with Crippen LogP contribution in [0.2, 0.25) is 0 Å². The van der Waals surface area contributed by atoms with Crippen molar-refractivity contribution in [1.29, 1.82) is 0 Å². The molecule has 1 aromatic carbocycles. The van der Waals surface area contributed by atoms with Crippen LogP contribution >= 0.6 is 0 Å². The Labute approximate surface area is 141 Å². The molecule has 130 valence electrons. The fourth-order valence-corrected chi connectivity index (χ4v) is 2.64. The Bertz CT molecular complexity index is 742. The standard InChI is InChI=1S/C18H25N3O3/c1-3-18(4-2,12-22)11-19-16(23)9-10-21-13-20-15-8-6-5-7-14(15)17(21)24/h5-8,13,22H,3-4,9-12H2,1-2H3,(H,19,23). The molecule has 6 heteroatoms. The Kier molecular flexibility index (Phi) is 6.09. The van der Waals surface area contributed by atoms with Gasteiger partial charge in [-0.3, -0.25) is 14.2 Å². The molecular weight excluding hydrogens is 306 g/mol. The number of benzene rings is 1. The summed E-state index contributed by atoms with van der Waals surface area (Å²) in [5.41, 5.74) is 0.249. The zero-order valence-corrected chi connectivity index (χ0v) is 14.3. The molecule has 0 spiro atoms. The smallest absolute Gasteiger partial charge is 0.261 e. The number of fused-ring (bicyclic) bond motifs is 1. The lowest BCUT2D eigenvalue weighted by Crippen LogP contribution is -2.39. The number of hydrogen-bond donors (Lipinski definition) is 2. The van der Waals surface area contributed by atoms with E-state index in [9.17, 15) is 14.7 Å². The first kappa shape index (κ1) is 18.1. The van der Waals surface area contributed by atoms with Crippen molar-refractivity contribution in [1.82, 2.24) is 14.9 Å². The fourth-order valence-electron chi connectivity index (χ4n) is 2.64. The second-order valence-corrected chi connectivity index (χ2v) is 6.15. The van der Waals surface area contributed by atoms with Crippen molar-refractivity contribution < 1.29 is 9.90 Å². The predicted octanol–water partition coefficient (Wildman–Crippen LogP) is 1.70. The lowest BCUT2D eigenvalue weighted by Gasteiger charge is -2.29. The van der Waals surface area contributed by atoms with E-state index in [2.05, 4.69) is 10.3 Å². The van der Waals surface area contributed by atoms with Crippen molar-refractivity contribution in [3.8, 4) is 0 Å². The number of nitrogens with one attached hydrogen (secondary N) is 1. The summed E-state index contributed by atoms with van der Waals surface area (Å²) >= 11 is 0. The van der Waals surface area contributed by atoms with Crippen LogP contribution in [0.1, 0.15) is 33.1 Å². The van der Waals surface area contributed by atoms with Gasteiger partial charge in [-0.1, -0.05) is 26.0 Å². The molecule has 0 aliphatic heterocycles. The molecule has 1 aromatic heterocycles. The molecular formula is C18H25N3O3. The van der Waals surface area contributed by atoms with Gasteiger partial charge in [0.25, 0.3) is 5.56 Å². The zero-order valence-electron chi connectivity index (χ0n) is 14.3. The van der Waals surface area contributed by atoms with E-state index in [1.165, 1.54) is 10.9 Å². The monoisotopic (exact) mass is 331 g/mol. The van der Waals surface area contributed by atoms with Gasteiger partial charge in [-0.15, -0.1) is 0 Å². The van der Waals surface area contributed by atoms with Crippen molar-refractivity contribution >= 4 is 16.8 Å². The summed E-state index contributed by atoms with van der Waals surface area (Å²) in [6.07, 6.45) is 3.28. The average molecular weight is 331 g/mol. The Balaban J connectivity index is 1.97. The molecule has 0 bridgehead atoms. The van der Waals surface area contributed by atoms with Gasteiger partial charge >= 0.3 is 0 Å². The number of amides is 1. The van der Waals surface area contributed by atoms with Crippen LogP contribution in [-0.4, -0.2) is 33.7 Å². The van der Waals surface area contributed by atoms with Crippen LogP contribution in [0, 0.1) is 5.41 Å². The number of carbonyl (C=O) groups is 1. The molecule has 0 atom stereocenters. The Morgan fingerprint density at radius 3 is 2.67 bits per heavy atom. The van der Waals surface area contributed by atoms with Crippen LogP contribution in [0.3, 0.4) is 0 Å². The van der Waals surface area contributed by atoms with Gasteiger partial charge < -0.3 is 10.4 Å². The van der Waals surface area contributed by atoms with Crippen molar-refractivity contribution in [2.75, 3.05) is 13.2 Å². The van der Waals surface area contributed by atoms with E-state index in [-0.39, 0.29) is 36.5 Å². The summed E-state index contributed by atoms with van der Waals surface area (Å²) in [4.78, 5) is 28.7. The molecule has 0 aliphatic rings. The molecule has 24 heavy (non-hydrogen) atoms. The van der Waals surface area contributed by atoms with Gasteiger partial charge in [0.1, 0.15) is 0 Å². The maximum absolute atomic E-state index is 12.4. The number of nitrogens with zero attached hydrogens (tertiary/aromatic N) is 2. The lowest BCUT2D eigenvalue weighted by atomic mass is 9.83. The number of para-hydroxylation sites is 1. The number of aliphatic hydroxyl groups excluding tert-OH is 1. The van der Waals surface area contributed by atoms with Crippen molar-refractivity contribution in [2.24, 2.45) is 5.41 Å². The summed E-state index contributed by atoms with van der Waals surface area (Å²) < 4.78 is 1.46. The van der Waals surface area contributed by atoms with Crippen molar-refractivity contribution in [2.45, 2.75) is 39.7 Å². The van der Waals surface area contributed by atoms with Gasteiger partial charge in [0.05, 0.1) is 23.8 Å². The second-order valence-electron chi connectivity index (χ2n) is 6.15. The van der Waals surface area contributed by atoms with E-state index in [0.29, 0.717) is 17.4 Å². The fraction of sp³-hybridized carbons (Fsp3) is 0.500. The zero-order chi connectivity index (χ0) is 17.6. The number of aryl methyl sites for hydroxylation is 1. The number of hydrogen-bond acceptors (Lipinski definition) is 4. The number of rotatable bonds is 8. The molecule has 6 nitrogen and oxygen atoms in total. The van der Waals surface area contributed by atoms with Gasteiger partial charge in [0.15, 0.2) is 0 Å². The summed E-state index contributed by atoms with van der Waals surface area (Å²) in [6, 6.07) is 7.16. The first-order valence-electron chi connectivity index (χ1n) is 8.37. The first-order valence-corrected chi connectivity index (χ1v) is 8.37. The van der Waals surface area contributed by atoms with Gasteiger partial charge in [-0.2, -0.15) is 0 Å². The molecule has 0 radical (unpaired) electrons. The minimum absolute atomic E-state index is 0.0499. The maximum Gasteiger partial charge on any atom is 0.261 e. The van der Waals surface area contributed by atoms with E-state index in [1.54, 1.807) is 18.2 Å². The molecule has 2 N–H and O–H groups in total. The van der Waals surface area contributed by atoms with E-state index in [0.717, 1.165) is 12.8 Å². The highest BCUT2D eigenvalue weighted by atomic mass is 16.3. The Hall–Kier alpha value is -2.21. The van der Waals surface area contributed by atoms with Crippen LogP contribution in [0.25, 0.3) is 10.9 Å². The minimum Gasteiger partial charge on any atom is -0.396 e. The van der Waals surface area contributed by atoms with E-state index in [4.69, 9.17) is 0 Å². The molecule has 0 fully saturated rings. The van der Waals surface area contributed by atoms with Gasteiger partial charge in [-0.05, 0) is 25.0 Å². The van der Waals surface area contributed by atoms with Crippen LogP contribution in [0.15, 0.2) is 35.4 Å². The van der Waals surface area contributed by atoms with Gasteiger partial charge in [-0.25, -0.2) is 4.98 Å².